The smallest absolute Gasteiger partial charge is 0.144 e. The number of rotatable bonds is 0. The highest BCUT2D eigenvalue weighted by Gasteiger charge is 2.20. The fourth-order valence-electron chi connectivity index (χ4n) is 1.54. The quantitative estimate of drug-likeness (QED) is 0.681. The zero-order chi connectivity index (χ0) is 9.42. The minimum atomic E-state index is -0.176. The highest BCUT2D eigenvalue weighted by Crippen LogP contribution is 2.33. The van der Waals surface area contributed by atoms with E-state index in [-0.39, 0.29) is 11.9 Å². The summed E-state index contributed by atoms with van der Waals surface area (Å²) in [6, 6.07) is 3.50. The minimum absolute atomic E-state index is 0.176. The van der Waals surface area contributed by atoms with Gasteiger partial charge in [0, 0.05) is 5.56 Å². The first-order valence-electron chi connectivity index (χ1n) is 4.32. The zero-order valence-electron chi connectivity index (χ0n) is 7.31. The maximum Gasteiger partial charge on any atom is 0.144 e. The second-order valence-corrected chi connectivity index (χ2v) is 4.16. The van der Waals surface area contributed by atoms with E-state index in [1.165, 1.54) is 0 Å². The van der Waals surface area contributed by atoms with Crippen LogP contribution in [0.2, 0.25) is 0 Å². The van der Waals surface area contributed by atoms with Crippen molar-refractivity contribution >= 4 is 15.9 Å². The second kappa shape index (κ2) is 3.29. The van der Waals surface area contributed by atoms with Crippen molar-refractivity contribution in [2.24, 2.45) is 0 Å². The van der Waals surface area contributed by atoms with Gasteiger partial charge in [-0.3, -0.25) is 0 Å². The monoisotopic (exact) mass is 244 g/mol. The predicted molar refractivity (Wildman–Crippen MR) is 52.5 cm³/mol. The van der Waals surface area contributed by atoms with Crippen molar-refractivity contribution in [2.75, 3.05) is 0 Å². The van der Waals surface area contributed by atoms with Crippen LogP contribution in [0.1, 0.15) is 18.9 Å². The first-order valence-corrected chi connectivity index (χ1v) is 5.11. The van der Waals surface area contributed by atoms with Crippen LogP contribution in [0.25, 0.3) is 0 Å². The summed E-state index contributed by atoms with van der Waals surface area (Å²) < 4.78 is 19.5. The Morgan fingerprint density at radius 2 is 2.31 bits per heavy atom. The van der Waals surface area contributed by atoms with Crippen molar-refractivity contribution in [3.8, 4) is 5.75 Å². The molecule has 0 amide bonds. The van der Waals surface area contributed by atoms with Crippen molar-refractivity contribution in [1.29, 1.82) is 0 Å². The number of halogens is 2. The highest BCUT2D eigenvalue weighted by atomic mass is 79.9. The third-order valence-corrected chi connectivity index (χ3v) is 2.89. The molecule has 1 unspecified atom stereocenters. The summed E-state index contributed by atoms with van der Waals surface area (Å²) in [5.74, 6) is 0.517. The molecule has 0 N–H and O–H groups in total. The van der Waals surface area contributed by atoms with Crippen LogP contribution in [0, 0.1) is 5.82 Å². The molecule has 1 atom stereocenters. The standard InChI is InChI=1S/C10H10BrFO/c1-6-2-3-7-9(13-6)5-4-8(11)10(7)12/h4-6H,2-3H2,1H3. The first kappa shape index (κ1) is 9.00. The molecule has 0 fully saturated rings. The molecular formula is C10H10BrFO. The van der Waals surface area contributed by atoms with Crippen LogP contribution in [0.3, 0.4) is 0 Å². The van der Waals surface area contributed by atoms with Gasteiger partial charge in [0.2, 0.25) is 0 Å². The Morgan fingerprint density at radius 3 is 3.08 bits per heavy atom. The molecule has 0 saturated carbocycles. The van der Waals surface area contributed by atoms with Crippen molar-refractivity contribution in [3.05, 3.63) is 28.0 Å². The van der Waals surface area contributed by atoms with Gasteiger partial charge >= 0.3 is 0 Å². The van der Waals surface area contributed by atoms with Gasteiger partial charge in [-0.15, -0.1) is 0 Å². The van der Waals surface area contributed by atoms with Crippen LogP contribution in [-0.2, 0) is 6.42 Å². The Morgan fingerprint density at radius 1 is 1.54 bits per heavy atom. The summed E-state index contributed by atoms with van der Waals surface area (Å²) in [6.45, 7) is 2.00. The average molecular weight is 245 g/mol. The maximum absolute atomic E-state index is 13.5. The summed E-state index contributed by atoms with van der Waals surface area (Å²) in [6.07, 6.45) is 1.86. The van der Waals surface area contributed by atoms with Gasteiger partial charge in [0.25, 0.3) is 0 Å². The molecule has 13 heavy (non-hydrogen) atoms. The predicted octanol–water partition coefficient (Wildman–Crippen LogP) is 3.30. The lowest BCUT2D eigenvalue weighted by molar-refractivity contribution is 0.190. The molecule has 0 bridgehead atoms. The molecule has 0 spiro atoms. The number of benzene rings is 1. The largest absolute Gasteiger partial charge is 0.490 e. The number of fused-ring (bicyclic) bond motifs is 1. The topological polar surface area (TPSA) is 9.23 Å². The van der Waals surface area contributed by atoms with Crippen molar-refractivity contribution in [1.82, 2.24) is 0 Å². The van der Waals surface area contributed by atoms with Crippen LogP contribution in [0.4, 0.5) is 4.39 Å². The molecule has 1 aromatic rings. The van der Waals surface area contributed by atoms with Gasteiger partial charge in [-0.1, -0.05) is 0 Å². The van der Waals surface area contributed by atoms with Crippen molar-refractivity contribution in [3.63, 3.8) is 0 Å². The average Bonchev–Trinajstić information content (AvgIpc) is 2.12. The molecule has 0 saturated heterocycles. The van der Waals surface area contributed by atoms with E-state index < -0.39 is 0 Å². The fourth-order valence-corrected chi connectivity index (χ4v) is 1.91. The molecule has 2 rings (SSSR count). The zero-order valence-corrected chi connectivity index (χ0v) is 8.90. The lowest BCUT2D eigenvalue weighted by Gasteiger charge is -2.23. The number of hydrogen-bond donors (Lipinski definition) is 0. The van der Waals surface area contributed by atoms with Crippen LogP contribution in [0.5, 0.6) is 5.75 Å². The summed E-state index contributed by atoms with van der Waals surface area (Å²) in [5, 5.41) is 0. The molecule has 1 aliphatic heterocycles. The molecule has 1 nitrogen and oxygen atoms in total. The molecule has 0 aliphatic carbocycles. The van der Waals surface area contributed by atoms with E-state index >= 15 is 0 Å². The SMILES string of the molecule is CC1CCc2c(ccc(Br)c2F)O1. The Balaban J connectivity index is 2.47. The lowest BCUT2D eigenvalue weighted by atomic mass is 10.0. The summed E-state index contributed by atoms with van der Waals surface area (Å²) in [7, 11) is 0. The molecular weight excluding hydrogens is 235 g/mol. The van der Waals surface area contributed by atoms with Crippen LogP contribution in [-0.4, -0.2) is 6.10 Å². The van der Waals surface area contributed by atoms with Gasteiger partial charge in [0.1, 0.15) is 11.6 Å². The number of hydrogen-bond acceptors (Lipinski definition) is 1. The van der Waals surface area contributed by atoms with Gasteiger partial charge in [0.15, 0.2) is 0 Å². The van der Waals surface area contributed by atoms with Crippen LogP contribution < -0.4 is 4.74 Å². The Kier molecular flexibility index (Phi) is 2.28. The van der Waals surface area contributed by atoms with Gasteiger partial charge < -0.3 is 4.74 Å². The molecule has 70 valence electrons. The Labute approximate surface area is 85.0 Å². The number of ether oxygens (including phenoxy) is 1. The highest BCUT2D eigenvalue weighted by molar-refractivity contribution is 9.10. The fraction of sp³-hybridized carbons (Fsp3) is 0.400. The van der Waals surface area contributed by atoms with Gasteiger partial charge in [-0.25, -0.2) is 4.39 Å². The maximum atomic E-state index is 13.5. The first-order chi connectivity index (χ1) is 6.18. The van der Waals surface area contributed by atoms with E-state index in [1.807, 2.05) is 13.0 Å². The summed E-state index contributed by atoms with van der Waals surface area (Å²) >= 11 is 3.16. The van der Waals surface area contributed by atoms with Crippen LogP contribution >= 0.6 is 15.9 Å². The molecule has 3 heteroatoms. The van der Waals surface area contributed by atoms with E-state index in [9.17, 15) is 4.39 Å². The van der Waals surface area contributed by atoms with Crippen LogP contribution in [0.15, 0.2) is 16.6 Å². The van der Waals surface area contributed by atoms with Gasteiger partial charge in [-0.2, -0.15) is 0 Å². The normalized spacial score (nSPS) is 20.7. The van der Waals surface area contributed by atoms with E-state index in [2.05, 4.69) is 15.9 Å². The minimum Gasteiger partial charge on any atom is -0.490 e. The Hall–Kier alpha value is -0.570. The summed E-state index contributed by atoms with van der Waals surface area (Å²) in [4.78, 5) is 0. The Bertz CT molecular complexity index is 338. The molecule has 1 aromatic carbocycles. The summed E-state index contributed by atoms with van der Waals surface area (Å²) in [5.41, 5.74) is 0.701. The van der Waals surface area contributed by atoms with Gasteiger partial charge in [-0.05, 0) is 47.8 Å². The van der Waals surface area contributed by atoms with Crippen molar-refractivity contribution in [2.45, 2.75) is 25.9 Å². The molecule has 1 heterocycles. The van der Waals surface area contributed by atoms with E-state index in [0.717, 1.165) is 12.8 Å². The van der Waals surface area contributed by atoms with Gasteiger partial charge in [0.05, 0.1) is 10.6 Å². The molecule has 0 radical (unpaired) electrons. The van der Waals surface area contributed by atoms with Crippen molar-refractivity contribution < 1.29 is 9.13 Å². The second-order valence-electron chi connectivity index (χ2n) is 3.31. The lowest BCUT2D eigenvalue weighted by Crippen LogP contribution is -2.19. The molecule has 0 aromatic heterocycles. The van der Waals surface area contributed by atoms with E-state index in [4.69, 9.17) is 4.74 Å². The van der Waals surface area contributed by atoms with E-state index in [1.54, 1.807) is 6.07 Å². The third kappa shape index (κ3) is 1.57. The van der Waals surface area contributed by atoms with E-state index in [0.29, 0.717) is 15.8 Å². The third-order valence-electron chi connectivity index (χ3n) is 2.28. The molecule has 1 aliphatic rings.